The van der Waals surface area contributed by atoms with Crippen molar-refractivity contribution in [2.24, 2.45) is 7.05 Å². The van der Waals surface area contributed by atoms with Gasteiger partial charge in [0.05, 0.1) is 23.9 Å². The summed E-state index contributed by atoms with van der Waals surface area (Å²) in [5, 5.41) is 14.8. The van der Waals surface area contributed by atoms with E-state index in [2.05, 4.69) is 10.1 Å². The Kier molecular flexibility index (Phi) is 2.94. The number of aromatic hydroxyl groups is 1. The fourth-order valence-electron chi connectivity index (χ4n) is 2.45. The first-order chi connectivity index (χ1) is 10.0. The molecular formula is C15H15N3O3. The third kappa shape index (κ3) is 1.96. The molecule has 0 saturated carbocycles. The normalized spacial score (nSPS) is 11.0. The van der Waals surface area contributed by atoms with E-state index in [4.69, 9.17) is 4.74 Å². The molecule has 0 bridgehead atoms. The SMILES string of the molecule is COc1ccc(-c2[nH]c3c(c(C)nn3C)c(=O)c2O)cc1. The number of nitrogens with zero attached hydrogens (tertiary/aromatic N) is 2. The Morgan fingerprint density at radius 3 is 2.57 bits per heavy atom. The molecule has 2 N–H and O–H groups in total. The number of H-pyrrole nitrogens is 1. The molecule has 6 heteroatoms. The quantitative estimate of drug-likeness (QED) is 0.754. The van der Waals surface area contributed by atoms with Gasteiger partial charge in [0.1, 0.15) is 11.4 Å². The molecule has 2 aromatic heterocycles. The van der Waals surface area contributed by atoms with Gasteiger partial charge in [0, 0.05) is 12.6 Å². The van der Waals surface area contributed by atoms with Gasteiger partial charge in [0.2, 0.25) is 5.43 Å². The summed E-state index contributed by atoms with van der Waals surface area (Å²) in [7, 11) is 3.33. The zero-order valence-corrected chi connectivity index (χ0v) is 12.0. The van der Waals surface area contributed by atoms with E-state index in [1.54, 1.807) is 50.0 Å². The standard InChI is InChI=1S/C15H15N3O3/c1-8-11-13(19)14(20)12(16-15(11)18(2)17-8)9-4-6-10(21-3)7-5-9/h4-7,20H,1-3H3,(H,16,19). The third-order valence-corrected chi connectivity index (χ3v) is 3.52. The molecule has 3 rings (SSSR count). The molecule has 0 aliphatic carbocycles. The van der Waals surface area contributed by atoms with Crippen LogP contribution in [0.1, 0.15) is 5.69 Å². The Morgan fingerprint density at radius 2 is 1.95 bits per heavy atom. The van der Waals surface area contributed by atoms with Crippen LogP contribution in [0.15, 0.2) is 29.1 Å². The number of ether oxygens (including phenoxy) is 1. The van der Waals surface area contributed by atoms with Crippen LogP contribution in [0.3, 0.4) is 0 Å². The Bertz CT molecular complexity index is 876. The number of hydrogen-bond acceptors (Lipinski definition) is 4. The molecule has 0 amide bonds. The van der Waals surface area contributed by atoms with Crippen LogP contribution in [-0.2, 0) is 7.05 Å². The molecular weight excluding hydrogens is 270 g/mol. The van der Waals surface area contributed by atoms with E-state index < -0.39 is 5.43 Å². The maximum Gasteiger partial charge on any atom is 0.235 e. The number of aromatic amines is 1. The number of nitrogens with one attached hydrogen (secondary N) is 1. The van der Waals surface area contributed by atoms with Gasteiger partial charge in [-0.3, -0.25) is 9.48 Å². The molecule has 3 aromatic rings. The van der Waals surface area contributed by atoms with Crippen molar-refractivity contribution in [3.63, 3.8) is 0 Å². The van der Waals surface area contributed by atoms with Crippen molar-refractivity contribution in [3.8, 4) is 22.8 Å². The second-order valence-corrected chi connectivity index (χ2v) is 4.84. The average Bonchev–Trinajstić information content (AvgIpc) is 2.77. The van der Waals surface area contributed by atoms with Crippen molar-refractivity contribution in [2.75, 3.05) is 7.11 Å². The number of hydrogen-bond donors (Lipinski definition) is 2. The molecule has 108 valence electrons. The third-order valence-electron chi connectivity index (χ3n) is 3.52. The topological polar surface area (TPSA) is 80.1 Å². The molecule has 1 aromatic carbocycles. The van der Waals surface area contributed by atoms with Gasteiger partial charge in [-0.15, -0.1) is 0 Å². The van der Waals surface area contributed by atoms with Crippen LogP contribution in [0.5, 0.6) is 11.5 Å². The summed E-state index contributed by atoms with van der Waals surface area (Å²) in [4.78, 5) is 15.4. The molecule has 0 radical (unpaired) electrons. The molecule has 0 fully saturated rings. The summed E-state index contributed by atoms with van der Waals surface area (Å²) in [6.07, 6.45) is 0. The molecule has 0 aliphatic rings. The first-order valence-electron chi connectivity index (χ1n) is 6.46. The molecule has 2 heterocycles. The zero-order valence-electron chi connectivity index (χ0n) is 12.0. The average molecular weight is 285 g/mol. The summed E-state index contributed by atoms with van der Waals surface area (Å²) >= 11 is 0. The molecule has 21 heavy (non-hydrogen) atoms. The van der Waals surface area contributed by atoms with Crippen molar-refractivity contribution in [2.45, 2.75) is 6.92 Å². The van der Waals surface area contributed by atoms with E-state index in [1.165, 1.54) is 0 Å². The van der Waals surface area contributed by atoms with Gasteiger partial charge in [-0.05, 0) is 31.2 Å². The summed E-state index contributed by atoms with van der Waals surface area (Å²) in [6.45, 7) is 1.74. The summed E-state index contributed by atoms with van der Waals surface area (Å²) < 4.78 is 6.70. The summed E-state index contributed by atoms with van der Waals surface area (Å²) in [6, 6.07) is 7.09. The number of benzene rings is 1. The van der Waals surface area contributed by atoms with Gasteiger partial charge < -0.3 is 14.8 Å². The number of rotatable bonds is 2. The predicted molar refractivity (Wildman–Crippen MR) is 79.7 cm³/mol. The molecule has 0 atom stereocenters. The van der Waals surface area contributed by atoms with Gasteiger partial charge in [-0.2, -0.15) is 5.10 Å². The Labute approximate surface area is 120 Å². The highest BCUT2D eigenvalue weighted by Gasteiger charge is 2.17. The van der Waals surface area contributed by atoms with E-state index in [1.807, 2.05) is 0 Å². The Balaban J connectivity index is 2.29. The minimum absolute atomic E-state index is 0.302. The maximum atomic E-state index is 12.3. The number of aromatic nitrogens is 3. The monoisotopic (exact) mass is 285 g/mol. The first kappa shape index (κ1) is 13.2. The lowest BCUT2D eigenvalue weighted by atomic mass is 10.1. The van der Waals surface area contributed by atoms with Crippen molar-refractivity contribution >= 4 is 11.0 Å². The number of methoxy groups -OCH3 is 1. The molecule has 0 unspecified atom stereocenters. The van der Waals surface area contributed by atoms with Crippen molar-refractivity contribution in [1.29, 1.82) is 0 Å². The lowest BCUT2D eigenvalue weighted by molar-refractivity contribution is 0.415. The van der Waals surface area contributed by atoms with Gasteiger partial charge in [-0.1, -0.05) is 0 Å². The molecule has 0 aliphatic heterocycles. The minimum atomic E-state index is -0.417. The van der Waals surface area contributed by atoms with Crippen molar-refractivity contribution in [1.82, 2.24) is 14.8 Å². The molecule has 0 saturated heterocycles. The first-order valence-corrected chi connectivity index (χ1v) is 6.46. The van der Waals surface area contributed by atoms with Crippen LogP contribution in [0.4, 0.5) is 0 Å². The zero-order chi connectivity index (χ0) is 15.1. The van der Waals surface area contributed by atoms with E-state index in [9.17, 15) is 9.90 Å². The highest BCUT2D eigenvalue weighted by atomic mass is 16.5. The van der Waals surface area contributed by atoms with Crippen LogP contribution in [-0.4, -0.2) is 27.0 Å². The van der Waals surface area contributed by atoms with Crippen molar-refractivity contribution in [3.05, 3.63) is 40.2 Å². The summed E-state index contributed by atoms with van der Waals surface area (Å²) in [5.41, 5.74) is 1.83. The number of fused-ring (bicyclic) bond motifs is 1. The highest BCUT2D eigenvalue weighted by Crippen LogP contribution is 2.28. The molecule has 6 nitrogen and oxygen atoms in total. The number of pyridine rings is 1. The second-order valence-electron chi connectivity index (χ2n) is 4.84. The van der Waals surface area contributed by atoms with Gasteiger partial charge in [0.15, 0.2) is 5.75 Å². The lowest BCUT2D eigenvalue weighted by Crippen LogP contribution is -2.06. The van der Waals surface area contributed by atoms with E-state index >= 15 is 0 Å². The second kappa shape index (κ2) is 4.66. The smallest absolute Gasteiger partial charge is 0.235 e. The van der Waals surface area contributed by atoms with E-state index in [0.29, 0.717) is 33.7 Å². The lowest BCUT2D eigenvalue weighted by Gasteiger charge is -2.07. The number of aryl methyl sites for hydroxylation is 2. The van der Waals surface area contributed by atoms with Crippen molar-refractivity contribution < 1.29 is 9.84 Å². The Hall–Kier alpha value is -2.76. The fraction of sp³-hybridized carbons (Fsp3) is 0.200. The van der Waals surface area contributed by atoms with Crippen LogP contribution < -0.4 is 10.2 Å². The predicted octanol–water partition coefficient (Wildman–Crippen LogP) is 1.95. The largest absolute Gasteiger partial charge is 0.503 e. The van der Waals surface area contributed by atoms with E-state index in [0.717, 1.165) is 0 Å². The van der Waals surface area contributed by atoms with Crippen LogP contribution in [0.2, 0.25) is 0 Å². The van der Waals surface area contributed by atoms with Crippen LogP contribution in [0.25, 0.3) is 22.3 Å². The van der Waals surface area contributed by atoms with Gasteiger partial charge in [0.25, 0.3) is 0 Å². The Morgan fingerprint density at radius 1 is 1.29 bits per heavy atom. The summed E-state index contributed by atoms with van der Waals surface area (Å²) in [5.74, 6) is 0.404. The van der Waals surface area contributed by atoms with Crippen LogP contribution >= 0.6 is 0 Å². The van der Waals surface area contributed by atoms with E-state index in [-0.39, 0.29) is 5.75 Å². The van der Waals surface area contributed by atoms with Crippen LogP contribution in [0, 0.1) is 6.92 Å². The van der Waals surface area contributed by atoms with Gasteiger partial charge in [-0.25, -0.2) is 0 Å². The minimum Gasteiger partial charge on any atom is -0.503 e. The fourth-order valence-corrected chi connectivity index (χ4v) is 2.45. The molecule has 0 spiro atoms. The van der Waals surface area contributed by atoms with Gasteiger partial charge >= 0.3 is 0 Å². The maximum absolute atomic E-state index is 12.3. The highest BCUT2D eigenvalue weighted by molar-refractivity contribution is 5.84.